The first-order valence-corrected chi connectivity index (χ1v) is 6.00. The first-order chi connectivity index (χ1) is 7.18. The standard InChI is InChI=1S/C12H23NO2/c1-11(2)10-12(14)4-3-5-13-6-8-15-9-7-13/h11H,3-10H2,1-2H3. The van der Waals surface area contributed by atoms with Crippen LogP contribution in [0.5, 0.6) is 0 Å². The second-order valence-corrected chi connectivity index (χ2v) is 4.69. The molecule has 1 rings (SSSR count). The van der Waals surface area contributed by atoms with E-state index >= 15 is 0 Å². The van der Waals surface area contributed by atoms with Crippen LogP contribution in [0.3, 0.4) is 0 Å². The van der Waals surface area contributed by atoms with Gasteiger partial charge in [-0.25, -0.2) is 0 Å². The van der Waals surface area contributed by atoms with Gasteiger partial charge in [0.05, 0.1) is 13.2 Å². The molecule has 0 aromatic rings. The molecule has 0 spiro atoms. The van der Waals surface area contributed by atoms with Crippen LogP contribution in [-0.2, 0) is 9.53 Å². The van der Waals surface area contributed by atoms with Gasteiger partial charge >= 0.3 is 0 Å². The molecular formula is C12H23NO2. The van der Waals surface area contributed by atoms with Crippen molar-refractivity contribution in [2.75, 3.05) is 32.8 Å². The molecule has 0 saturated carbocycles. The van der Waals surface area contributed by atoms with Gasteiger partial charge in [0.25, 0.3) is 0 Å². The Labute approximate surface area is 92.8 Å². The maximum Gasteiger partial charge on any atom is 0.133 e. The Hall–Kier alpha value is -0.410. The molecule has 0 aromatic carbocycles. The second kappa shape index (κ2) is 6.96. The van der Waals surface area contributed by atoms with Crippen molar-refractivity contribution in [3.05, 3.63) is 0 Å². The molecule has 1 heterocycles. The van der Waals surface area contributed by atoms with E-state index in [2.05, 4.69) is 18.7 Å². The van der Waals surface area contributed by atoms with Gasteiger partial charge in [-0.1, -0.05) is 13.8 Å². The van der Waals surface area contributed by atoms with Crippen molar-refractivity contribution in [2.24, 2.45) is 5.92 Å². The monoisotopic (exact) mass is 213 g/mol. The van der Waals surface area contributed by atoms with E-state index in [1.807, 2.05) is 0 Å². The van der Waals surface area contributed by atoms with E-state index in [0.29, 0.717) is 11.7 Å². The minimum Gasteiger partial charge on any atom is -0.379 e. The Morgan fingerprint density at radius 1 is 1.33 bits per heavy atom. The Bertz CT molecular complexity index is 186. The number of Topliss-reactive ketones (excluding diaryl/α,β-unsaturated/α-hetero) is 1. The minimum absolute atomic E-state index is 0.415. The van der Waals surface area contributed by atoms with Gasteiger partial charge in [0, 0.05) is 25.9 Å². The number of hydrogen-bond donors (Lipinski definition) is 0. The molecule has 0 bridgehead atoms. The van der Waals surface area contributed by atoms with Gasteiger partial charge in [-0.3, -0.25) is 9.69 Å². The summed E-state index contributed by atoms with van der Waals surface area (Å²) in [4.78, 5) is 13.8. The molecule has 0 N–H and O–H groups in total. The summed E-state index contributed by atoms with van der Waals surface area (Å²) in [6.07, 6.45) is 2.49. The van der Waals surface area contributed by atoms with Gasteiger partial charge in [-0.2, -0.15) is 0 Å². The van der Waals surface area contributed by atoms with Crippen LogP contribution in [0.1, 0.15) is 33.1 Å². The van der Waals surface area contributed by atoms with E-state index in [-0.39, 0.29) is 0 Å². The summed E-state index contributed by atoms with van der Waals surface area (Å²) in [7, 11) is 0. The number of morpholine rings is 1. The highest BCUT2D eigenvalue weighted by molar-refractivity contribution is 5.78. The summed E-state index contributed by atoms with van der Waals surface area (Å²) in [5.74, 6) is 0.916. The fourth-order valence-corrected chi connectivity index (χ4v) is 1.88. The van der Waals surface area contributed by atoms with Crippen molar-refractivity contribution >= 4 is 5.78 Å². The third kappa shape index (κ3) is 5.90. The Kier molecular flexibility index (Phi) is 5.88. The molecule has 1 aliphatic heterocycles. The molecule has 1 saturated heterocycles. The fraction of sp³-hybridized carbons (Fsp3) is 0.917. The lowest BCUT2D eigenvalue weighted by Gasteiger charge is -2.26. The normalized spacial score (nSPS) is 18.3. The van der Waals surface area contributed by atoms with Gasteiger partial charge < -0.3 is 4.74 Å². The number of rotatable bonds is 6. The minimum atomic E-state index is 0.415. The molecule has 0 aliphatic carbocycles. The molecular weight excluding hydrogens is 190 g/mol. The van der Waals surface area contributed by atoms with Gasteiger partial charge in [0.2, 0.25) is 0 Å². The third-order valence-electron chi connectivity index (χ3n) is 2.67. The maximum atomic E-state index is 11.5. The van der Waals surface area contributed by atoms with Crippen LogP contribution < -0.4 is 0 Å². The summed E-state index contributed by atoms with van der Waals surface area (Å²) in [5, 5.41) is 0. The van der Waals surface area contributed by atoms with Gasteiger partial charge in [0.15, 0.2) is 0 Å². The molecule has 0 unspecified atom stereocenters. The van der Waals surface area contributed by atoms with Crippen LogP contribution in [-0.4, -0.2) is 43.5 Å². The number of carbonyl (C=O) groups is 1. The zero-order chi connectivity index (χ0) is 11.1. The van der Waals surface area contributed by atoms with Crippen molar-refractivity contribution in [2.45, 2.75) is 33.1 Å². The largest absolute Gasteiger partial charge is 0.379 e. The Morgan fingerprint density at radius 3 is 2.60 bits per heavy atom. The molecule has 3 nitrogen and oxygen atoms in total. The molecule has 1 aliphatic rings. The molecule has 3 heteroatoms. The van der Waals surface area contributed by atoms with Crippen LogP contribution >= 0.6 is 0 Å². The predicted octanol–water partition coefficient (Wildman–Crippen LogP) is 1.71. The number of hydrogen-bond acceptors (Lipinski definition) is 3. The molecule has 0 atom stereocenters. The Balaban J connectivity index is 2.02. The average Bonchev–Trinajstić information content (AvgIpc) is 2.18. The van der Waals surface area contributed by atoms with Crippen molar-refractivity contribution < 1.29 is 9.53 Å². The summed E-state index contributed by atoms with van der Waals surface area (Å²) in [6.45, 7) is 8.99. The van der Waals surface area contributed by atoms with Crippen LogP contribution in [0, 0.1) is 5.92 Å². The second-order valence-electron chi connectivity index (χ2n) is 4.69. The fourth-order valence-electron chi connectivity index (χ4n) is 1.88. The number of ether oxygens (including phenoxy) is 1. The quantitative estimate of drug-likeness (QED) is 0.673. The summed E-state index contributed by atoms with van der Waals surface area (Å²) < 4.78 is 5.27. The van der Waals surface area contributed by atoms with Crippen molar-refractivity contribution in [3.63, 3.8) is 0 Å². The van der Waals surface area contributed by atoms with Crippen molar-refractivity contribution in [3.8, 4) is 0 Å². The van der Waals surface area contributed by atoms with Crippen molar-refractivity contribution in [1.29, 1.82) is 0 Å². The summed E-state index contributed by atoms with van der Waals surface area (Å²) in [5.41, 5.74) is 0. The zero-order valence-corrected chi connectivity index (χ0v) is 10.00. The Morgan fingerprint density at radius 2 is 2.00 bits per heavy atom. The third-order valence-corrected chi connectivity index (χ3v) is 2.67. The summed E-state index contributed by atoms with van der Waals surface area (Å²) >= 11 is 0. The average molecular weight is 213 g/mol. The first kappa shape index (κ1) is 12.7. The lowest BCUT2D eigenvalue weighted by atomic mass is 10.0. The van der Waals surface area contributed by atoms with Crippen LogP contribution in [0.15, 0.2) is 0 Å². The van der Waals surface area contributed by atoms with E-state index in [9.17, 15) is 4.79 Å². The molecule has 0 aromatic heterocycles. The van der Waals surface area contributed by atoms with Gasteiger partial charge in [-0.15, -0.1) is 0 Å². The first-order valence-electron chi connectivity index (χ1n) is 6.00. The van der Waals surface area contributed by atoms with E-state index < -0.39 is 0 Å². The predicted molar refractivity (Wildman–Crippen MR) is 61.0 cm³/mol. The molecule has 88 valence electrons. The zero-order valence-electron chi connectivity index (χ0n) is 10.00. The maximum absolute atomic E-state index is 11.5. The lowest BCUT2D eigenvalue weighted by Crippen LogP contribution is -2.36. The summed E-state index contributed by atoms with van der Waals surface area (Å²) in [6, 6.07) is 0. The molecule has 1 fully saturated rings. The number of nitrogens with zero attached hydrogens (tertiary/aromatic N) is 1. The molecule has 15 heavy (non-hydrogen) atoms. The van der Waals surface area contributed by atoms with E-state index in [4.69, 9.17) is 4.74 Å². The van der Waals surface area contributed by atoms with Crippen LogP contribution in [0.4, 0.5) is 0 Å². The van der Waals surface area contributed by atoms with E-state index in [1.54, 1.807) is 0 Å². The van der Waals surface area contributed by atoms with Gasteiger partial charge in [-0.05, 0) is 18.9 Å². The van der Waals surface area contributed by atoms with Crippen molar-refractivity contribution in [1.82, 2.24) is 4.90 Å². The molecule has 0 radical (unpaired) electrons. The van der Waals surface area contributed by atoms with E-state index in [1.165, 1.54) is 0 Å². The van der Waals surface area contributed by atoms with Crippen LogP contribution in [0.25, 0.3) is 0 Å². The van der Waals surface area contributed by atoms with Crippen LogP contribution in [0.2, 0.25) is 0 Å². The highest BCUT2D eigenvalue weighted by Crippen LogP contribution is 2.06. The highest BCUT2D eigenvalue weighted by atomic mass is 16.5. The SMILES string of the molecule is CC(C)CC(=O)CCCN1CCOCC1. The lowest BCUT2D eigenvalue weighted by molar-refractivity contribution is -0.119. The smallest absolute Gasteiger partial charge is 0.133 e. The highest BCUT2D eigenvalue weighted by Gasteiger charge is 2.10. The number of ketones is 1. The topological polar surface area (TPSA) is 29.5 Å². The van der Waals surface area contributed by atoms with E-state index in [0.717, 1.165) is 52.1 Å². The number of carbonyl (C=O) groups excluding carboxylic acids is 1. The molecule has 0 amide bonds. The van der Waals surface area contributed by atoms with Gasteiger partial charge in [0.1, 0.15) is 5.78 Å².